The standard InChI is InChI=1S/C16H25N3O4S/c17-13-16(5-1-2-6-16)15(20)18-7-3-4-14(12-18)24(21,22)19-8-10-23-11-9-19/h14H,1-12H2/t14-/m1/s1. The normalized spacial score (nSPS) is 28.5. The van der Waals surface area contributed by atoms with E-state index in [0.717, 1.165) is 12.8 Å². The van der Waals surface area contributed by atoms with Gasteiger partial charge in [-0.15, -0.1) is 0 Å². The number of hydrogen-bond donors (Lipinski definition) is 0. The molecule has 0 radical (unpaired) electrons. The molecule has 3 rings (SSSR count). The van der Waals surface area contributed by atoms with Crippen molar-refractivity contribution in [3.05, 3.63) is 0 Å². The molecule has 3 aliphatic rings. The Morgan fingerprint density at radius 1 is 1.12 bits per heavy atom. The van der Waals surface area contributed by atoms with Gasteiger partial charge >= 0.3 is 0 Å². The van der Waals surface area contributed by atoms with Crippen molar-refractivity contribution in [2.24, 2.45) is 5.41 Å². The highest BCUT2D eigenvalue weighted by atomic mass is 32.2. The molecular weight excluding hydrogens is 330 g/mol. The SMILES string of the molecule is N#CC1(C(=O)N2CCC[C@@H](S(=O)(=O)N3CCOCC3)C2)CCCC1. The van der Waals surface area contributed by atoms with Crippen molar-refractivity contribution in [2.75, 3.05) is 39.4 Å². The second-order valence-electron chi connectivity index (χ2n) is 6.97. The summed E-state index contributed by atoms with van der Waals surface area (Å²) in [5.74, 6) is -0.163. The fourth-order valence-electron chi connectivity index (χ4n) is 4.03. The van der Waals surface area contributed by atoms with Crippen LogP contribution in [0.2, 0.25) is 0 Å². The molecule has 0 aromatic carbocycles. The molecule has 7 nitrogen and oxygen atoms in total. The van der Waals surface area contributed by atoms with E-state index in [1.165, 1.54) is 4.31 Å². The van der Waals surface area contributed by atoms with Crippen LogP contribution >= 0.6 is 0 Å². The van der Waals surface area contributed by atoms with Crippen molar-refractivity contribution in [1.29, 1.82) is 5.26 Å². The van der Waals surface area contributed by atoms with Crippen LogP contribution in [0.5, 0.6) is 0 Å². The molecule has 2 saturated heterocycles. The zero-order chi connectivity index (χ0) is 17.2. The molecule has 2 aliphatic heterocycles. The number of rotatable bonds is 3. The lowest BCUT2D eigenvalue weighted by Crippen LogP contribution is -2.54. The summed E-state index contributed by atoms with van der Waals surface area (Å²) in [5, 5.41) is 8.94. The van der Waals surface area contributed by atoms with Crippen LogP contribution in [0.25, 0.3) is 0 Å². The van der Waals surface area contributed by atoms with Gasteiger partial charge in [0.25, 0.3) is 0 Å². The second kappa shape index (κ2) is 6.98. The second-order valence-corrected chi connectivity index (χ2v) is 9.19. The van der Waals surface area contributed by atoms with Crippen molar-refractivity contribution >= 4 is 15.9 Å². The van der Waals surface area contributed by atoms with Crippen molar-refractivity contribution in [3.8, 4) is 6.07 Å². The van der Waals surface area contributed by atoms with Crippen LogP contribution in [0.4, 0.5) is 0 Å². The summed E-state index contributed by atoms with van der Waals surface area (Å²) < 4.78 is 32.4. The molecule has 0 aromatic rings. The van der Waals surface area contributed by atoms with E-state index in [1.54, 1.807) is 4.90 Å². The Labute approximate surface area is 143 Å². The first-order valence-electron chi connectivity index (χ1n) is 8.77. The molecule has 134 valence electrons. The number of hydrogen-bond acceptors (Lipinski definition) is 5. The lowest BCUT2D eigenvalue weighted by Gasteiger charge is -2.38. The first-order valence-corrected chi connectivity index (χ1v) is 10.3. The highest BCUT2D eigenvalue weighted by Crippen LogP contribution is 2.40. The predicted octanol–water partition coefficient (Wildman–Crippen LogP) is 0.723. The molecule has 0 aromatic heterocycles. The third-order valence-electron chi connectivity index (χ3n) is 5.50. The van der Waals surface area contributed by atoms with Crippen LogP contribution in [0.15, 0.2) is 0 Å². The maximum atomic E-state index is 12.9. The van der Waals surface area contributed by atoms with Crippen molar-refractivity contribution in [3.63, 3.8) is 0 Å². The van der Waals surface area contributed by atoms with Crippen LogP contribution in [0, 0.1) is 16.7 Å². The summed E-state index contributed by atoms with van der Waals surface area (Å²) in [6.07, 6.45) is 4.22. The molecule has 8 heteroatoms. The zero-order valence-electron chi connectivity index (χ0n) is 13.9. The van der Waals surface area contributed by atoms with E-state index >= 15 is 0 Å². The Morgan fingerprint density at radius 3 is 2.42 bits per heavy atom. The molecule has 3 fully saturated rings. The molecule has 1 atom stereocenters. The number of carbonyl (C=O) groups excluding carboxylic acids is 1. The Morgan fingerprint density at radius 2 is 1.79 bits per heavy atom. The number of amides is 1. The van der Waals surface area contributed by atoms with Crippen LogP contribution in [-0.2, 0) is 19.6 Å². The summed E-state index contributed by atoms with van der Waals surface area (Å²) in [6, 6.07) is 2.22. The van der Waals surface area contributed by atoms with Crippen molar-refractivity contribution in [1.82, 2.24) is 9.21 Å². The van der Waals surface area contributed by atoms with Crippen LogP contribution in [-0.4, -0.2) is 68.2 Å². The Hall–Kier alpha value is -1.17. The maximum Gasteiger partial charge on any atom is 0.243 e. The average molecular weight is 355 g/mol. The lowest BCUT2D eigenvalue weighted by atomic mass is 9.86. The minimum atomic E-state index is -3.43. The van der Waals surface area contributed by atoms with Gasteiger partial charge in [-0.1, -0.05) is 12.8 Å². The van der Waals surface area contributed by atoms with Gasteiger partial charge in [0, 0.05) is 26.2 Å². The van der Waals surface area contributed by atoms with E-state index in [9.17, 15) is 18.5 Å². The number of likely N-dealkylation sites (tertiary alicyclic amines) is 1. The van der Waals surface area contributed by atoms with E-state index < -0.39 is 20.7 Å². The Kier molecular flexibility index (Phi) is 5.13. The van der Waals surface area contributed by atoms with Crippen LogP contribution < -0.4 is 0 Å². The molecule has 0 N–H and O–H groups in total. The minimum Gasteiger partial charge on any atom is -0.379 e. The van der Waals surface area contributed by atoms with Gasteiger partial charge < -0.3 is 9.64 Å². The molecule has 1 saturated carbocycles. The third kappa shape index (κ3) is 3.17. The summed E-state index contributed by atoms with van der Waals surface area (Å²) in [6.45, 7) is 2.38. The molecule has 24 heavy (non-hydrogen) atoms. The summed E-state index contributed by atoms with van der Waals surface area (Å²) in [4.78, 5) is 14.5. The topological polar surface area (TPSA) is 90.7 Å². The van der Waals surface area contributed by atoms with Gasteiger partial charge in [-0.3, -0.25) is 4.79 Å². The smallest absolute Gasteiger partial charge is 0.243 e. The van der Waals surface area contributed by atoms with E-state index in [0.29, 0.717) is 58.5 Å². The van der Waals surface area contributed by atoms with Gasteiger partial charge in [0.05, 0.1) is 24.5 Å². The van der Waals surface area contributed by atoms with E-state index in [2.05, 4.69) is 6.07 Å². The number of morpholine rings is 1. The number of nitrogens with zero attached hydrogens (tertiary/aromatic N) is 3. The van der Waals surface area contributed by atoms with E-state index in [4.69, 9.17) is 4.74 Å². The molecule has 0 bridgehead atoms. The monoisotopic (exact) mass is 355 g/mol. The molecular formula is C16H25N3O4S. The van der Waals surface area contributed by atoms with Gasteiger partial charge in [-0.2, -0.15) is 9.57 Å². The molecule has 0 unspecified atom stereocenters. The highest BCUT2D eigenvalue weighted by Gasteiger charge is 2.46. The average Bonchev–Trinajstić information content (AvgIpc) is 3.12. The zero-order valence-corrected chi connectivity index (χ0v) is 14.8. The summed E-state index contributed by atoms with van der Waals surface area (Å²) in [5.41, 5.74) is -0.926. The third-order valence-corrected chi connectivity index (χ3v) is 7.81. The largest absolute Gasteiger partial charge is 0.379 e. The number of sulfonamides is 1. The van der Waals surface area contributed by atoms with Crippen LogP contribution in [0.1, 0.15) is 38.5 Å². The van der Waals surface area contributed by atoms with Gasteiger partial charge in [0.2, 0.25) is 15.9 Å². The van der Waals surface area contributed by atoms with Crippen molar-refractivity contribution in [2.45, 2.75) is 43.8 Å². The first kappa shape index (κ1) is 17.6. The molecule has 2 heterocycles. The van der Waals surface area contributed by atoms with E-state index in [-0.39, 0.29) is 12.5 Å². The Balaban J connectivity index is 1.72. The van der Waals surface area contributed by atoms with Gasteiger partial charge in [-0.05, 0) is 25.7 Å². The quantitative estimate of drug-likeness (QED) is 0.744. The fourth-order valence-corrected chi connectivity index (χ4v) is 5.94. The molecule has 0 spiro atoms. The number of piperidine rings is 1. The summed E-state index contributed by atoms with van der Waals surface area (Å²) in [7, 11) is -3.43. The van der Waals surface area contributed by atoms with E-state index in [1.807, 2.05) is 0 Å². The first-order chi connectivity index (χ1) is 11.5. The van der Waals surface area contributed by atoms with Crippen LogP contribution in [0.3, 0.4) is 0 Å². The minimum absolute atomic E-state index is 0.163. The van der Waals surface area contributed by atoms with Gasteiger partial charge in [-0.25, -0.2) is 8.42 Å². The number of carbonyl (C=O) groups is 1. The summed E-state index contributed by atoms with van der Waals surface area (Å²) >= 11 is 0. The highest BCUT2D eigenvalue weighted by molar-refractivity contribution is 7.89. The maximum absolute atomic E-state index is 12.9. The fraction of sp³-hybridized carbons (Fsp3) is 0.875. The van der Waals surface area contributed by atoms with Gasteiger partial charge in [0.15, 0.2) is 0 Å². The number of ether oxygens (including phenoxy) is 1. The van der Waals surface area contributed by atoms with Gasteiger partial charge in [0.1, 0.15) is 5.41 Å². The van der Waals surface area contributed by atoms with Crippen molar-refractivity contribution < 1.29 is 17.9 Å². The molecule has 1 amide bonds. The molecule has 1 aliphatic carbocycles. The predicted molar refractivity (Wildman–Crippen MR) is 87.4 cm³/mol. The number of nitriles is 1. The lowest BCUT2D eigenvalue weighted by molar-refractivity contribution is -0.139. The Bertz CT molecular complexity index is 616.